The fraction of sp³-hybridized carbons (Fsp3) is 0.267. The van der Waals surface area contributed by atoms with Crippen LogP contribution in [0.5, 0.6) is 5.75 Å². The van der Waals surface area contributed by atoms with Gasteiger partial charge >= 0.3 is 0 Å². The van der Waals surface area contributed by atoms with Gasteiger partial charge in [0.25, 0.3) is 0 Å². The Morgan fingerprint density at radius 2 is 2.11 bits per heavy atom. The average Bonchev–Trinajstić information content (AvgIpc) is 2.42. The van der Waals surface area contributed by atoms with Crippen LogP contribution >= 0.6 is 0 Å². The molecule has 0 fully saturated rings. The molecule has 2 aromatic rings. The second-order valence-electron chi connectivity index (χ2n) is 4.20. The van der Waals surface area contributed by atoms with Crippen molar-refractivity contribution in [3.05, 3.63) is 59.7 Å². The Morgan fingerprint density at radius 1 is 1.32 bits per heavy atom. The summed E-state index contributed by atoms with van der Waals surface area (Å²) in [5.41, 5.74) is 1.10. The molecule has 1 aromatic carbocycles. The standard InChI is InChI=1S/C15H16FNO2/c1-2-19-13-7-12(9-17-10-13)15(18)8-11-5-3-4-6-14(11)16/h3-7,9-10,15,18H,2,8H2,1H3. The van der Waals surface area contributed by atoms with E-state index in [0.29, 0.717) is 23.5 Å². The van der Waals surface area contributed by atoms with Gasteiger partial charge in [-0.15, -0.1) is 0 Å². The summed E-state index contributed by atoms with van der Waals surface area (Å²) >= 11 is 0. The molecule has 0 aliphatic heterocycles. The molecule has 0 radical (unpaired) electrons. The van der Waals surface area contributed by atoms with E-state index in [9.17, 15) is 9.50 Å². The summed E-state index contributed by atoms with van der Waals surface area (Å²) in [7, 11) is 0. The molecule has 0 aliphatic carbocycles. The van der Waals surface area contributed by atoms with E-state index in [1.165, 1.54) is 6.07 Å². The maximum absolute atomic E-state index is 13.5. The molecule has 1 N–H and O–H groups in total. The molecule has 0 spiro atoms. The Hall–Kier alpha value is -1.94. The summed E-state index contributed by atoms with van der Waals surface area (Å²) < 4.78 is 18.8. The summed E-state index contributed by atoms with van der Waals surface area (Å²) in [6, 6.07) is 8.15. The molecule has 0 amide bonds. The zero-order valence-electron chi connectivity index (χ0n) is 10.7. The number of rotatable bonds is 5. The summed E-state index contributed by atoms with van der Waals surface area (Å²) in [5.74, 6) is 0.294. The first kappa shape index (κ1) is 13.5. The van der Waals surface area contributed by atoms with Gasteiger partial charge in [-0.05, 0) is 24.6 Å². The van der Waals surface area contributed by atoms with Crippen molar-refractivity contribution in [3.63, 3.8) is 0 Å². The fourth-order valence-corrected chi connectivity index (χ4v) is 1.85. The number of nitrogens with zero attached hydrogens (tertiary/aromatic N) is 1. The highest BCUT2D eigenvalue weighted by molar-refractivity contribution is 5.27. The SMILES string of the molecule is CCOc1cncc(C(O)Cc2ccccc2F)c1. The van der Waals surface area contributed by atoms with E-state index in [2.05, 4.69) is 4.98 Å². The van der Waals surface area contributed by atoms with Crippen LogP contribution < -0.4 is 4.74 Å². The van der Waals surface area contributed by atoms with Crippen LogP contribution in [0, 0.1) is 5.82 Å². The highest BCUT2D eigenvalue weighted by Crippen LogP contribution is 2.22. The molecule has 1 unspecified atom stereocenters. The largest absolute Gasteiger partial charge is 0.492 e. The second-order valence-corrected chi connectivity index (χ2v) is 4.20. The molecule has 1 heterocycles. The topological polar surface area (TPSA) is 42.4 Å². The van der Waals surface area contributed by atoms with E-state index < -0.39 is 6.10 Å². The van der Waals surface area contributed by atoms with Gasteiger partial charge in [-0.3, -0.25) is 4.98 Å². The van der Waals surface area contributed by atoms with Crippen LogP contribution in [0.25, 0.3) is 0 Å². The molecule has 2 rings (SSSR count). The van der Waals surface area contributed by atoms with E-state index in [-0.39, 0.29) is 12.2 Å². The maximum atomic E-state index is 13.5. The second kappa shape index (κ2) is 6.29. The number of halogens is 1. The van der Waals surface area contributed by atoms with Crippen molar-refractivity contribution >= 4 is 0 Å². The van der Waals surface area contributed by atoms with Crippen molar-refractivity contribution in [1.82, 2.24) is 4.98 Å². The number of aromatic nitrogens is 1. The van der Waals surface area contributed by atoms with Crippen LogP contribution in [0.3, 0.4) is 0 Å². The summed E-state index contributed by atoms with van der Waals surface area (Å²) in [5, 5.41) is 10.1. The Kier molecular flexibility index (Phi) is 4.47. The van der Waals surface area contributed by atoms with E-state index in [0.717, 1.165) is 0 Å². The Labute approximate surface area is 111 Å². The van der Waals surface area contributed by atoms with E-state index in [1.807, 2.05) is 6.92 Å². The highest BCUT2D eigenvalue weighted by Gasteiger charge is 2.12. The third kappa shape index (κ3) is 3.51. The van der Waals surface area contributed by atoms with Gasteiger partial charge in [0.2, 0.25) is 0 Å². The zero-order valence-corrected chi connectivity index (χ0v) is 10.7. The number of benzene rings is 1. The lowest BCUT2D eigenvalue weighted by Crippen LogP contribution is -2.04. The molecule has 1 atom stereocenters. The fourth-order valence-electron chi connectivity index (χ4n) is 1.85. The van der Waals surface area contributed by atoms with Crippen LogP contribution in [0.15, 0.2) is 42.7 Å². The quantitative estimate of drug-likeness (QED) is 0.899. The summed E-state index contributed by atoms with van der Waals surface area (Å²) in [6.45, 7) is 2.41. The third-order valence-electron chi connectivity index (χ3n) is 2.80. The van der Waals surface area contributed by atoms with Gasteiger partial charge in [-0.25, -0.2) is 4.39 Å². The number of aliphatic hydroxyl groups is 1. The first-order valence-corrected chi connectivity index (χ1v) is 6.20. The predicted octanol–water partition coefficient (Wildman–Crippen LogP) is 2.90. The smallest absolute Gasteiger partial charge is 0.137 e. The Bertz CT molecular complexity index is 545. The van der Waals surface area contributed by atoms with Gasteiger partial charge < -0.3 is 9.84 Å². The van der Waals surface area contributed by atoms with Crippen LogP contribution in [0.1, 0.15) is 24.2 Å². The van der Waals surface area contributed by atoms with Crippen LogP contribution in [0.2, 0.25) is 0 Å². The minimum Gasteiger partial charge on any atom is -0.492 e. The van der Waals surface area contributed by atoms with E-state index in [1.54, 1.807) is 36.7 Å². The molecule has 0 bridgehead atoms. The molecule has 0 aliphatic rings. The van der Waals surface area contributed by atoms with E-state index in [4.69, 9.17) is 4.74 Å². The number of aliphatic hydroxyl groups excluding tert-OH is 1. The van der Waals surface area contributed by atoms with Crippen LogP contribution in [0.4, 0.5) is 4.39 Å². The lowest BCUT2D eigenvalue weighted by Gasteiger charge is -2.12. The minimum absolute atomic E-state index is 0.212. The van der Waals surface area contributed by atoms with Gasteiger partial charge in [-0.2, -0.15) is 0 Å². The first-order valence-electron chi connectivity index (χ1n) is 6.20. The Morgan fingerprint density at radius 3 is 2.84 bits per heavy atom. The normalized spacial score (nSPS) is 12.2. The van der Waals surface area contributed by atoms with Gasteiger partial charge in [0.15, 0.2) is 0 Å². The summed E-state index contributed by atoms with van der Waals surface area (Å²) in [4.78, 5) is 4.01. The molecule has 0 saturated heterocycles. The van der Waals surface area contributed by atoms with Crippen LogP contribution in [-0.2, 0) is 6.42 Å². The highest BCUT2D eigenvalue weighted by atomic mass is 19.1. The van der Waals surface area contributed by atoms with Crippen molar-refractivity contribution in [1.29, 1.82) is 0 Å². The lowest BCUT2D eigenvalue weighted by atomic mass is 10.0. The van der Waals surface area contributed by atoms with Gasteiger partial charge in [0.05, 0.1) is 18.9 Å². The third-order valence-corrected chi connectivity index (χ3v) is 2.80. The molecule has 1 aromatic heterocycles. The number of hydrogen-bond donors (Lipinski definition) is 1. The lowest BCUT2D eigenvalue weighted by molar-refractivity contribution is 0.176. The number of hydrogen-bond acceptors (Lipinski definition) is 3. The summed E-state index contributed by atoms with van der Waals surface area (Å²) in [6.07, 6.45) is 2.56. The number of ether oxygens (including phenoxy) is 1. The van der Waals surface area contributed by atoms with Crippen molar-refractivity contribution in [2.24, 2.45) is 0 Å². The first-order chi connectivity index (χ1) is 9.20. The van der Waals surface area contributed by atoms with Crippen molar-refractivity contribution in [3.8, 4) is 5.75 Å². The molecular formula is C15H16FNO2. The van der Waals surface area contributed by atoms with E-state index >= 15 is 0 Å². The molecule has 19 heavy (non-hydrogen) atoms. The molecular weight excluding hydrogens is 245 g/mol. The van der Waals surface area contributed by atoms with Gasteiger partial charge in [0, 0.05) is 18.2 Å². The minimum atomic E-state index is -0.801. The maximum Gasteiger partial charge on any atom is 0.137 e. The van der Waals surface area contributed by atoms with Gasteiger partial charge in [0.1, 0.15) is 11.6 Å². The molecule has 4 heteroatoms. The molecule has 3 nitrogen and oxygen atoms in total. The van der Waals surface area contributed by atoms with Crippen LogP contribution in [-0.4, -0.2) is 16.7 Å². The number of pyridine rings is 1. The van der Waals surface area contributed by atoms with Crippen molar-refractivity contribution in [2.45, 2.75) is 19.4 Å². The Balaban J connectivity index is 2.13. The van der Waals surface area contributed by atoms with Crippen molar-refractivity contribution < 1.29 is 14.2 Å². The molecule has 0 saturated carbocycles. The average molecular weight is 261 g/mol. The zero-order chi connectivity index (χ0) is 13.7. The monoisotopic (exact) mass is 261 g/mol. The molecule has 100 valence electrons. The van der Waals surface area contributed by atoms with Gasteiger partial charge in [-0.1, -0.05) is 18.2 Å². The van der Waals surface area contributed by atoms with Crippen molar-refractivity contribution in [2.75, 3.05) is 6.61 Å². The predicted molar refractivity (Wildman–Crippen MR) is 70.5 cm³/mol.